The monoisotopic (exact) mass is 373 g/mol. The van der Waals surface area contributed by atoms with E-state index in [2.05, 4.69) is 0 Å². The van der Waals surface area contributed by atoms with E-state index in [1.165, 1.54) is 0 Å². The van der Waals surface area contributed by atoms with Crippen molar-refractivity contribution in [2.75, 3.05) is 26.3 Å². The summed E-state index contributed by atoms with van der Waals surface area (Å²) in [5, 5.41) is 0.588. The Morgan fingerprint density at radius 2 is 1.73 bits per heavy atom. The zero-order chi connectivity index (χ0) is 18.5. The lowest BCUT2D eigenvalue weighted by molar-refractivity contribution is -0.140. The Labute approximate surface area is 157 Å². The van der Waals surface area contributed by atoms with Crippen molar-refractivity contribution in [3.63, 3.8) is 0 Å². The number of benzene rings is 2. The van der Waals surface area contributed by atoms with Gasteiger partial charge in [0, 0.05) is 29.2 Å². The van der Waals surface area contributed by atoms with Crippen LogP contribution in [0.2, 0.25) is 5.02 Å². The highest BCUT2D eigenvalue weighted by atomic mass is 35.5. The van der Waals surface area contributed by atoms with Crippen molar-refractivity contribution in [2.45, 2.75) is 13.0 Å². The van der Waals surface area contributed by atoms with Gasteiger partial charge >= 0.3 is 0 Å². The molecular formula is C20H20ClNO4. The van der Waals surface area contributed by atoms with E-state index in [4.69, 9.17) is 21.1 Å². The molecule has 0 bridgehead atoms. The first-order valence-electron chi connectivity index (χ1n) is 8.45. The van der Waals surface area contributed by atoms with Crippen LogP contribution in [0.15, 0.2) is 48.5 Å². The van der Waals surface area contributed by atoms with E-state index in [0.717, 1.165) is 0 Å². The number of nitrogens with zero attached hydrogens (tertiary/aromatic N) is 1. The zero-order valence-corrected chi connectivity index (χ0v) is 15.2. The summed E-state index contributed by atoms with van der Waals surface area (Å²) in [4.78, 5) is 26.3. The molecule has 0 N–H and O–H groups in total. The Balaban J connectivity index is 1.56. The molecule has 136 valence electrons. The van der Waals surface area contributed by atoms with E-state index < -0.39 is 0 Å². The summed E-state index contributed by atoms with van der Waals surface area (Å²) < 4.78 is 11.0. The molecule has 1 fully saturated rings. The number of ketones is 1. The second-order valence-corrected chi connectivity index (χ2v) is 6.61. The van der Waals surface area contributed by atoms with Crippen molar-refractivity contribution >= 4 is 23.3 Å². The third-order valence-corrected chi connectivity index (χ3v) is 4.43. The molecule has 1 aliphatic rings. The van der Waals surface area contributed by atoms with E-state index in [0.29, 0.717) is 41.6 Å². The van der Waals surface area contributed by atoms with Crippen LogP contribution in [-0.4, -0.2) is 49.0 Å². The minimum absolute atomic E-state index is 0.0306. The summed E-state index contributed by atoms with van der Waals surface area (Å²) in [7, 11) is 0. The first kappa shape index (κ1) is 18.4. The summed E-state index contributed by atoms with van der Waals surface area (Å²) in [6.45, 7) is 3.63. The standard InChI is InChI=1S/C20H20ClNO4/c1-14-12-22(10-11-25-14)19(23)13-26-18-8-4-16(5-9-18)20(24)15-2-6-17(21)7-3-15/h2-9,14H,10-13H2,1H3. The van der Waals surface area contributed by atoms with E-state index >= 15 is 0 Å². The molecule has 0 aromatic heterocycles. The molecule has 0 aliphatic carbocycles. The molecule has 3 rings (SSSR count). The molecule has 0 radical (unpaired) electrons. The smallest absolute Gasteiger partial charge is 0.260 e. The number of hydrogen-bond donors (Lipinski definition) is 0. The molecular weight excluding hydrogens is 354 g/mol. The Morgan fingerprint density at radius 1 is 1.12 bits per heavy atom. The van der Waals surface area contributed by atoms with Gasteiger partial charge in [-0.25, -0.2) is 0 Å². The quantitative estimate of drug-likeness (QED) is 0.755. The topological polar surface area (TPSA) is 55.8 Å². The molecule has 0 saturated carbocycles. The summed E-state index contributed by atoms with van der Waals surface area (Å²) in [6.07, 6.45) is 0.0471. The molecule has 1 amide bonds. The first-order chi connectivity index (χ1) is 12.5. The minimum Gasteiger partial charge on any atom is -0.484 e. The van der Waals surface area contributed by atoms with Crippen LogP contribution < -0.4 is 4.74 Å². The number of rotatable bonds is 5. The largest absolute Gasteiger partial charge is 0.484 e. The van der Waals surface area contributed by atoms with Gasteiger partial charge in [-0.3, -0.25) is 9.59 Å². The summed E-state index contributed by atoms with van der Waals surface area (Å²) in [5.74, 6) is 0.389. The minimum atomic E-state index is -0.0911. The van der Waals surface area contributed by atoms with E-state index in [9.17, 15) is 9.59 Å². The number of amides is 1. The van der Waals surface area contributed by atoms with E-state index in [1.54, 1.807) is 53.4 Å². The lowest BCUT2D eigenvalue weighted by atomic mass is 10.0. The molecule has 5 nitrogen and oxygen atoms in total. The van der Waals surface area contributed by atoms with Gasteiger partial charge in [0.15, 0.2) is 12.4 Å². The Bertz CT molecular complexity index is 773. The Hall–Kier alpha value is -2.37. The Kier molecular flexibility index (Phi) is 5.91. The van der Waals surface area contributed by atoms with Crippen LogP contribution >= 0.6 is 11.6 Å². The number of carbonyl (C=O) groups is 2. The van der Waals surface area contributed by atoms with Crippen molar-refractivity contribution in [3.8, 4) is 5.75 Å². The lowest BCUT2D eigenvalue weighted by Gasteiger charge is -2.31. The maximum Gasteiger partial charge on any atom is 0.260 e. The van der Waals surface area contributed by atoms with Gasteiger partial charge in [-0.1, -0.05) is 11.6 Å². The fourth-order valence-electron chi connectivity index (χ4n) is 2.75. The number of ether oxygens (including phenoxy) is 2. The third kappa shape index (κ3) is 4.62. The molecule has 6 heteroatoms. The lowest BCUT2D eigenvalue weighted by Crippen LogP contribution is -2.46. The van der Waals surface area contributed by atoms with Gasteiger partial charge in [-0.15, -0.1) is 0 Å². The van der Waals surface area contributed by atoms with E-state index in [1.807, 2.05) is 6.92 Å². The predicted octanol–water partition coefficient (Wildman–Crippen LogP) is 3.20. The number of hydrogen-bond acceptors (Lipinski definition) is 4. The van der Waals surface area contributed by atoms with Crippen molar-refractivity contribution in [2.24, 2.45) is 0 Å². The van der Waals surface area contributed by atoms with Crippen molar-refractivity contribution in [3.05, 3.63) is 64.7 Å². The molecule has 1 heterocycles. The molecule has 26 heavy (non-hydrogen) atoms. The maximum absolute atomic E-state index is 12.4. The van der Waals surface area contributed by atoms with Crippen LogP contribution in [0.4, 0.5) is 0 Å². The second kappa shape index (κ2) is 8.34. The van der Waals surface area contributed by atoms with Gasteiger partial charge in [0.2, 0.25) is 0 Å². The number of carbonyl (C=O) groups excluding carboxylic acids is 2. The van der Waals surface area contributed by atoms with E-state index in [-0.39, 0.29) is 24.4 Å². The van der Waals surface area contributed by atoms with Crippen LogP contribution in [-0.2, 0) is 9.53 Å². The molecule has 1 aliphatic heterocycles. The number of morpholine rings is 1. The SMILES string of the molecule is CC1CN(C(=O)COc2ccc(C(=O)c3ccc(Cl)cc3)cc2)CCO1. The van der Waals surface area contributed by atoms with Gasteiger partial charge in [0.25, 0.3) is 5.91 Å². The van der Waals surface area contributed by atoms with Gasteiger partial charge < -0.3 is 14.4 Å². The summed E-state index contributed by atoms with van der Waals surface area (Å²) >= 11 is 5.84. The average Bonchev–Trinajstić information content (AvgIpc) is 2.66. The highest BCUT2D eigenvalue weighted by Gasteiger charge is 2.21. The fourth-order valence-corrected chi connectivity index (χ4v) is 2.88. The maximum atomic E-state index is 12.4. The molecule has 1 unspecified atom stereocenters. The van der Waals surface area contributed by atoms with Gasteiger partial charge in [0.05, 0.1) is 12.7 Å². The van der Waals surface area contributed by atoms with Gasteiger partial charge in [0.1, 0.15) is 5.75 Å². The second-order valence-electron chi connectivity index (χ2n) is 6.17. The number of halogens is 1. The van der Waals surface area contributed by atoms with Crippen LogP contribution in [0.25, 0.3) is 0 Å². The average molecular weight is 374 g/mol. The Morgan fingerprint density at radius 3 is 2.35 bits per heavy atom. The van der Waals surface area contributed by atoms with Crippen molar-refractivity contribution < 1.29 is 19.1 Å². The highest BCUT2D eigenvalue weighted by molar-refractivity contribution is 6.30. The zero-order valence-electron chi connectivity index (χ0n) is 14.5. The van der Waals surface area contributed by atoms with Crippen molar-refractivity contribution in [1.82, 2.24) is 4.90 Å². The van der Waals surface area contributed by atoms with Crippen LogP contribution in [0.5, 0.6) is 5.75 Å². The van der Waals surface area contributed by atoms with Crippen LogP contribution in [0, 0.1) is 0 Å². The molecule has 1 saturated heterocycles. The predicted molar refractivity (Wildman–Crippen MR) is 98.8 cm³/mol. The molecule has 2 aromatic carbocycles. The third-order valence-electron chi connectivity index (χ3n) is 4.18. The van der Waals surface area contributed by atoms with Gasteiger partial charge in [-0.05, 0) is 55.5 Å². The normalized spacial score (nSPS) is 17.0. The first-order valence-corrected chi connectivity index (χ1v) is 8.83. The molecule has 2 aromatic rings. The fraction of sp³-hybridized carbons (Fsp3) is 0.300. The highest BCUT2D eigenvalue weighted by Crippen LogP contribution is 2.17. The van der Waals surface area contributed by atoms with Gasteiger partial charge in [-0.2, -0.15) is 0 Å². The summed E-state index contributed by atoms with van der Waals surface area (Å²) in [5.41, 5.74) is 1.12. The molecule has 1 atom stereocenters. The van der Waals surface area contributed by atoms with Crippen LogP contribution in [0.3, 0.4) is 0 Å². The summed E-state index contributed by atoms with van der Waals surface area (Å²) in [6, 6.07) is 13.5. The molecule has 0 spiro atoms. The van der Waals surface area contributed by atoms with Crippen LogP contribution in [0.1, 0.15) is 22.8 Å². The van der Waals surface area contributed by atoms with Crippen molar-refractivity contribution in [1.29, 1.82) is 0 Å².